The first-order valence-electron chi connectivity index (χ1n) is 9.38. The smallest absolute Gasteiger partial charge is 0.257 e. The van der Waals surface area contributed by atoms with Crippen molar-refractivity contribution in [3.8, 4) is 0 Å². The van der Waals surface area contributed by atoms with Gasteiger partial charge in [-0.15, -0.1) is 0 Å². The first-order chi connectivity index (χ1) is 15.1. The van der Waals surface area contributed by atoms with Crippen LogP contribution >= 0.6 is 11.8 Å². The maximum Gasteiger partial charge on any atom is 0.257 e. The molecule has 4 aromatic rings. The Kier molecular flexibility index (Phi) is 6.18. The van der Waals surface area contributed by atoms with Gasteiger partial charge in [0.25, 0.3) is 5.91 Å². The minimum absolute atomic E-state index is 0.120. The number of nitrogens with zero attached hydrogens (tertiary/aromatic N) is 2. The molecular formula is C23H17FN4O2S. The van der Waals surface area contributed by atoms with Gasteiger partial charge in [0, 0.05) is 11.1 Å². The Morgan fingerprint density at radius 3 is 2.45 bits per heavy atom. The Labute approximate surface area is 181 Å². The second-order valence-electron chi connectivity index (χ2n) is 6.54. The maximum atomic E-state index is 13.1. The molecule has 0 saturated carbocycles. The van der Waals surface area contributed by atoms with Gasteiger partial charge in [0.05, 0.1) is 22.5 Å². The third-order valence-electron chi connectivity index (χ3n) is 4.39. The number of thioether (sulfide) groups is 1. The summed E-state index contributed by atoms with van der Waals surface area (Å²) in [5, 5.41) is 7.07. The van der Waals surface area contributed by atoms with Crippen LogP contribution in [0.3, 0.4) is 0 Å². The zero-order chi connectivity index (χ0) is 21.6. The zero-order valence-electron chi connectivity index (χ0n) is 16.2. The van der Waals surface area contributed by atoms with E-state index < -0.39 is 5.91 Å². The second-order valence-corrected chi connectivity index (χ2v) is 7.50. The van der Waals surface area contributed by atoms with Crippen LogP contribution < -0.4 is 10.6 Å². The van der Waals surface area contributed by atoms with Crippen molar-refractivity contribution in [3.63, 3.8) is 0 Å². The molecule has 0 saturated heterocycles. The number of benzene rings is 3. The number of hydrogen-bond donors (Lipinski definition) is 2. The Bertz CT molecular complexity index is 1240. The van der Waals surface area contributed by atoms with E-state index in [0.29, 0.717) is 22.0 Å². The molecule has 6 nitrogen and oxygen atoms in total. The summed E-state index contributed by atoms with van der Waals surface area (Å²) in [5.41, 5.74) is 1.96. The van der Waals surface area contributed by atoms with Crippen LogP contribution in [0.2, 0.25) is 0 Å². The van der Waals surface area contributed by atoms with Crippen LogP contribution in [-0.2, 0) is 4.79 Å². The molecule has 1 heterocycles. The average Bonchev–Trinajstić information content (AvgIpc) is 2.79. The number of carbonyl (C=O) groups is 2. The van der Waals surface area contributed by atoms with Gasteiger partial charge in [-0.25, -0.2) is 14.4 Å². The number of anilines is 2. The average molecular weight is 432 g/mol. The number of nitrogens with one attached hydrogen (secondary N) is 2. The fraction of sp³-hybridized carbons (Fsp3) is 0.0435. The van der Waals surface area contributed by atoms with Crippen molar-refractivity contribution in [2.24, 2.45) is 0 Å². The fourth-order valence-electron chi connectivity index (χ4n) is 2.94. The molecule has 0 aliphatic carbocycles. The van der Waals surface area contributed by atoms with E-state index in [1.807, 2.05) is 24.3 Å². The van der Waals surface area contributed by atoms with Crippen LogP contribution in [0, 0.1) is 5.82 Å². The summed E-state index contributed by atoms with van der Waals surface area (Å²) in [6.45, 7) is 0. The topological polar surface area (TPSA) is 84.0 Å². The summed E-state index contributed by atoms with van der Waals surface area (Å²) in [5.74, 6) is -0.944. The summed E-state index contributed by atoms with van der Waals surface area (Å²) < 4.78 is 13.1. The molecule has 31 heavy (non-hydrogen) atoms. The van der Waals surface area contributed by atoms with Crippen LogP contribution in [0.25, 0.3) is 10.9 Å². The number of fused-ring (bicyclic) bond motifs is 1. The van der Waals surface area contributed by atoms with Crippen molar-refractivity contribution < 1.29 is 14.0 Å². The van der Waals surface area contributed by atoms with E-state index in [4.69, 9.17) is 0 Å². The number of hydrogen-bond acceptors (Lipinski definition) is 5. The lowest BCUT2D eigenvalue weighted by atomic mass is 10.1. The molecule has 4 rings (SSSR count). The number of halogens is 1. The standard InChI is InChI=1S/C23H17FN4O2S/c24-15-9-11-16(12-10-15)27-22(30)17-5-1-4-8-20(17)28-21(29)13-31-23-18-6-2-3-7-19(18)25-14-26-23/h1-12,14H,13H2,(H,27,30)(H,28,29). The molecule has 3 aromatic carbocycles. The van der Waals surface area contributed by atoms with Crippen molar-refractivity contribution in [1.29, 1.82) is 0 Å². The molecule has 2 N–H and O–H groups in total. The molecule has 8 heteroatoms. The Morgan fingerprint density at radius 2 is 1.61 bits per heavy atom. The van der Waals surface area contributed by atoms with Gasteiger partial charge in [-0.05, 0) is 42.5 Å². The van der Waals surface area contributed by atoms with Crippen molar-refractivity contribution in [2.45, 2.75) is 5.03 Å². The fourth-order valence-corrected chi connectivity index (χ4v) is 3.73. The molecule has 0 aliphatic rings. The van der Waals surface area contributed by atoms with Gasteiger partial charge in [-0.1, -0.05) is 42.1 Å². The Hall–Kier alpha value is -3.78. The van der Waals surface area contributed by atoms with Gasteiger partial charge < -0.3 is 10.6 Å². The molecule has 0 spiro atoms. The molecule has 154 valence electrons. The van der Waals surface area contributed by atoms with Gasteiger partial charge >= 0.3 is 0 Å². The summed E-state index contributed by atoms with van der Waals surface area (Å²) >= 11 is 1.30. The highest BCUT2D eigenvalue weighted by Crippen LogP contribution is 2.25. The first-order valence-corrected chi connectivity index (χ1v) is 10.4. The van der Waals surface area contributed by atoms with Crippen molar-refractivity contribution in [3.05, 3.63) is 90.5 Å². The van der Waals surface area contributed by atoms with E-state index >= 15 is 0 Å². The summed E-state index contributed by atoms with van der Waals surface area (Å²) in [7, 11) is 0. The predicted molar refractivity (Wildman–Crippen MR) is 120 cm³/mol. The number of rotatable bonds is 6. The van der Waals surface area contributed by atoms with E-state index in [2.05, 4.69) is 20.6 Å². The first kappa shape index (κ1) is 20.5. The van der Waals surface area contributed by atoms with Crippen LogP contribution in [0.4, 0.5) is 15.8 Å². The van der Waals surface area contributed by atoms with Crippen LogP contribution in [0.1, 0.15) is 10.4 Å². The van der Waals surface area contributed by atoms with E-state index in [1.165, 1.54) is 42.4 Å². The molecule has 0 fully saturated rings. The predicted octanol–water partition coefficient (Wildman–Crippen LogP) is 4.75. The molecule has 0 aliphatic heterocycles. The molecule has 0 atom stereocenters. The van der Waals surface area contributed by atoms with Crippen molar-refractivity contribution in [2.75, 3.05) is 16.4 Å². The molecule has 0 bridgehead atoms. The number of aromatic nitrogens is 2. The van der Waals surface area contributed by atoms with Gasteiger partial charge in [-0.2, -0.15) is 0 Å². The second kappa shape index (κ2) is 9.36. The normalized spacial score (nSPS) is 10.6. The van der Waals surface area contributed by atoms with Crippen molar-refractivity contribution >= 4 is 45.9 Å². The van der Waals surface area contributed by atoms with Crippen LogP contribution in [0.15, 0.2) is 84.1 Å². The highest BCUT2D eigenvalue weighted by Gasteiger charge is 2.14. The highest BCUT2D eigenvalue weighted by molar-refractivity contribution is 8.00. The molecular weight excluding hydrogens is 415 g/mol. The third kappa shape index (κ3) is 5.04. The highest BCUT2D eigenvalue weighted by atomic mass is 32.2. The minimum atomic E-state index is -0.406. The quantitative estimate of drug-likeness (QED) is 0.339. The van der Waals surface area contributed by atoms with E-state index in [0.717, 1.165) is 10.9 Å². The van der Waals surface area contributed by atoms with Gasteiger partial charge in [0.15, 0.2) is 0 Å². The van der Waals surface area contributed by atoms with Crippen LogP contribution in [-0.4, -0.2) is 27.5 Å². The Morgan fingerprint density at radius 1 is 0.871 bits per heavy atom. The Balaban J connectivity index is 1.43. The number of amides is 2. The van der Waals surface area contributed by atoms with E-state index in [1.54, 1.807) is 24.3 Å². The summed E-state index contributed by atoms with van der Waals surface area (Å²) in [4.78, 5) is 33.7. The van der Waals surface area contributed by atoms with Gasteiger partial charge in [0.2, 0.25) is 5.91 Å². The zero-order valence-corrected chi connectivity index (χ0v) is 17.0. The summed E-state index contributed by atoms with van der Waals surface area (Å²) in [6.07, 6.45) is 1.47. The lowest BCUT2D eigenvalue weighted by Gasteiger charge is -2.11. The number of para-hydroxylation sites is 2. The van der Waals surface area contributed by atoms with E-state index in [9.17, 15) is 14.0 Å². The SMILES string of the molecule is O=C(CSc1ncnc2ccccc12)Nc1ccccc1C(=O)Nc1ccc(F)cc1. The number of carbonyl (C=O) groups excluding carboxylic acids is 2. The summed E-state index contributed by atoms with van der Waals surface area (Å²) in [6, 6.07) is 19.7. The monoisotopic (exact) mass is 432 g/mol. The third-order valence-corrected chi connectivity index (χ3v) is 5.40. The molecule has 1 aromatic heterocycles. The lowest BCUT2D eigenvalue weighted by Crippen LogP contribution is -2.19. The lowest BCUT2D eigenvalue weighted by molar-refractivity contribution is -0.113. The molecule has 2 amide bonds. The maximum absolute atomic E-state index is 13.1. The van der Waals surface area contributed by atoms with Crippen LogP contribution in [0.5, 0.6) is 0 Å². The largest absolute Gasteiger partial charge is 0.325 e. The van der Waals surface area contributed by atoms with Gasteiger partial charge in [0.1, 0.15) is 17.2 Å². The van der Waals surface area contributed by atoms with Gasteiger partial charge in [-0.3, -0.25) is 9.59 Å². The molecule has 0 unspecified atom stereocenters. The van der Waals surface area contributed by atoms with E-state index in [-0.39, 0.29) is 17.5 Å². The molecule has 0 radical (unpaired) electrons. The minimum Gasteiger partial charge on any atom is -0.325 e. The van der Waals surface area contributed by atoms with Crippen molar-refractivity contribution in [1.82, 2.24) is 9.97 Å².